The summed E-state index contributed by atoms with van der Waals surface area (Å²) in [5, 5.41) is 0. The molecule has 0 N–H and O–H groups in total. The maximum absolute atomic E-state index is 12.1. The topological polar surface area (TPSA) is 44.3 Å². The van der Waals surface area contributed by atoms with E-state index >= 15 is 0 Å². The Hall–Kier alpha value is -2.27. The summed E-state index contributed by atoms with van der Waals surface area (Å²) >= 11 is 0. The molecule has 0 aliphatic heterocycles. The van der Waals surface area contributed by atoms with E-state index in [0.717, 1.165) is 28.5 Å². The Kier molecular flexibility index (Phi) is 6.39. The molecule has 0 aliphatic rings. The molecule has 0 aliphatic carbocycles. The molecule has 2 aromatic rings. The van der Waals surface area contributed by atoms with E-state index in [4.69, 9.17) is 9.47 Å². The van der Waals surface area contributed by atoms with E-state index in [1.54, 1.807) is 37.4 Å². The van der Waals surface area contributed by atoms with Crippen molar-refractivity contribution in [2.75, 3.05) is 14.2 Å². The van der Waals surface area contributed by atoms with Crippen LogP contribution in [-0.2, 0) is 14.1 Å². The van der Waals surface area contributed by atoms with Crippen LogP contribution >= 0.6 is 0 Å². The van der Waals surface area contributed by atoms with E-state index < -0.39 is 0 Å². The van der Waals surface area contributed by atoms with Gasteiger partial charge in [0.2, 0.25) is 0 Å². The molecule has 2 rings (SSSR count). The number of halogens is 1. The Bertz CT molecular complexity index is 782. The number of benzene rings is 1. The first kappa shape index (κ1) is 18.8. The number of ether oxygens (including phenoxy) is 2. The SMILES string of the molecule is COc1ccc(/C=C/c2cc(C)n(C)c(=O)[n+]2C)c(OC)c1.[Cl-]. The fourth-order valence-electron chi connectivity index (χ4n) is 2.19. The molecule has 0 amide bonds. The number of aryl methyl sites for hydroxylation is 1. The highest BCUT2D eigenvalue weighted by molar-refractivity contribution is 5.71. The first-order valence-corrected chi connectivity index (χ1v) is 6.94. The monoisotopic (exact) mass is 336 g/mol. The van der Waals surface area contributed by atoms with Gasteiger partial charge < -0.3 is 21.9 Å². The first-order chi connectivity index (χ1) is 10.5. The molecule has 0 atom stereocenters. The summed E-state index contributed by atoms with van der Waals surface area (Å²) in [7, 11) is 6.76. The van der Waals surface area contributed by atoms with Crippen LogP contribution in [-0.4, -0.2) is 18.8 Å². The average Bonchev–Trinajstić information content (AvgIpc) is 2.54. The Morgan fingerprint density at radius 2 is 1.83 bits per heavy atom. The summed E-state index contributed by atoms with van der Waals surface area (Å²) < 4.78 is 13.8. The average molecular weight is 337 g/mol. The van der Waals surface area contributed by atoms with Gasteiger partial charge in [0.1, 0.15) is 22.9 Å². The zero-order valence-electron chi connectivity index (χ0n) is 14.0. The number of aromatic nitrogens is 2. The predicted octanol–water partition coefficient (Wildman–Crippen LogP) is -1.29. The van der Waals surface area contributed by atoms with Gasteiger partial charge in [-0.1, -0.05) is 0 Å². The fourth-order valence-corrected chi connectivity index (χ4v) is 2.19. The lowest BCUT2D eigenvalue weighted by Gasteiger charge is -2.07. The van der Waals surface area contributed by atoms with Crippen LogP contribution in [0.2, 0.25) is 0 Å². The standard InChI is InChI=1S/C17H21N2O3.ClH/c1-12-10-14(19(3)17(20)18(12)2)8-6-13-7-9-15(21-4)11-16(13)22-5;/h6-11H,1-5H3;1H/q+1;/p-1/b8-6+;. The van der Waals surface area contributed by atoms with Gasteiger partial charge in [-0.2, -0.15) is 13.9 Å². The molecule has 0 saturated heterocycles. The summed E-state index contributed by atoms with van der Waals surface area (Å²) in [6, 6.07) is 7.59. The van der Waals surface area contributed by atoms with E-state index in [0.29, 0.717) is 0 Å². The molecule has 0 fully saturated rings. The van der Waals surface area contributed by atoms with Gasteiger partial charge in [0.25, 0.3) is 0 Å². The fraction of sp³-hybridized carbons (Fsp3) is 0.294. The van der Waals surface area contributed by atoms with Gasteiger partial charge in [-0.05, 0) is 31.2 Å². The minimum atomic E-state index is -0.0543. The number of rotatable bonds is 4. The Morgan fingerprint density at radius 3 is 2.43 bits per heavy atom. The van der Waals surface area contributed by atoms with Crippen LogP contribution in [0.15, 0.2) is 29.1 Å². The Morgan fingerprint density at radius 1 is 1.13 bits per heavy atom. The Labute approximate surface area is 142 Å². The smallest absolute Gasteiger partial charge is 0.498 e. The number of hydrogen-bond acceptors (Lipinski definition) is 3. The quantitative estimate of drug-likeness (QED) is 0.653. The molecule has 1 aromatic heterocycles. The second-order valence-electron chi connectivity index (χ2n) is 5.05. The maximum Gasteiger partial charge on any atom is 0.498 e. The van der Waals surface area contributed by atoms with Gasteiger partial charge in [-0.25, -0.2) is 0 Å². The van der Waals surface area contributed by atoms with Crippen LogP contribution in [0.25, 0.3) is 12.2 Å². The lowest BCUT2D eigenvalue weighted by molar-refractivity contribution is -0.692. The normalized spacial score (nSPS) is 10.5. The third kappa shape index (κ3) is 3.93. The molecular weight excluding hydrogens is 316 g/mol. The molecule has 0 saturated carbocycles. The highest BCUT2D eigenvalue weighted by Crippen LogP contribution is 2.25. The molecule has 6 heteroatoms. The lowest BCUT2D eigenvalue weighted by Crippen LogP contribution is -3.00. The van der Waals surface area contributed by atoms with Crippen molar-refractivity contribution in [3.8, 4) is 11.5 Å². The van der Waals surface area contributed by atoms with Gasteiger partial charge in [-0.3, -0.25) is 0 Å². The maximum atomic E-state index is 12.1. The van der Waals surface area contributed by atoms with Crippen molar-refractivity contribution in [1.29, 1.82) is 0 Å². The zero-order valence-corrected chi connectivity index (χ0v) is 14.7. The van der Waals surface area contributed by atoms with Gasteiger partial charge in [0.15, 0.2) is 0 Å². The summed E-state index contributed by atoms with van der Waals surface area (Å²) in [5.74, 6) is 1.46. The molecule has 23 heavy (non-hydrogen) atoms. The van der Waals surface area contributed by atoms with E-state index in [2.05, 4.69) is 0 Å². The number of nitrogens with zero attached hydrogens (tertiary/aromatic N) is 2. The summed E-state index contributed by atoms with van der Waals surface area (Å²) in [4.78, 5) is 12.1. The summed E-state index contributed by atoms with van der Waals surface area (Å²) in [6.07, 6.45) is 3.82. The molecule has 5 nitrogen and oxygen atoms in total. The van der Waals surface area contributed by atoms with Crippen LogP contribution in [0.5, 0.6) is 11.5 Å². The van der Waals surface area contributed by atoms with Gasteiger partial charge >= 0.3 is 5.69 Å². The molecular formula is C17H21ClN2O3. The number of methoxy groups -OCH3 is 2. The van der Waals surface area contributed by atoms with Crippen LogP contribution in [0.1, 0.15) is 17.0 Å². The Balaban J connectivity index is 0.00000264. The van der Waals surface area contributed by atoms with Crippen molar-refractivity contribution in [3.63, 3.8) is 0 Å². The van der Waals surface area contributed by atoms with Crippen molar-refractivity contribution in [2.45, 2.75) is 6.92 Å². The molecule has 0 radical (unpaired) electrons. The van der Waals surface area contributed by atoms with E-state index in [1.165, 1.54) is 0 Å². The van der Waals surface area contributed by atoms with Crippen LogP contribution in [0, 0.1) is 6.92 Å². The van der Waals surface area contributed by atoms with Crippen molar-refractivity contribution >= 4 is 12.2 Å². The molecule has 0 unspecified atom stereocenters. The molecule has 1 heterocycles. The van der Waals surface area contributed by atoms with Crippen LogP contribution in [0.4, 0.5) is 0 Å². The second-order valence-corrected chi connectivity index (χ2v) is 5.05. The highest BCUT2D eigenvalue weighted by atomic mass is 35.5. The largest absolute Gasteiger partial charge is 1.00 e. The highest BCUT2D eigenvalue weighted by Gasteiger charge is 2.11. The number of hydrogen-bond donors (Lipinski definition) is 0. The minimum Gasteiger partial charge on any atom is -1.00 e. The van der Waals surface area contributed by atoms with E-state index in [9.17, 15) is 4.79 Å². The van der Waals surface area contributed by atoms with Gasteiger partial charge in [0.05, 0.1) is 28.3 Å². The lowest BCUT2D eigenvalue weighted by atomic mass is 10.1. The predicted molar refractivity (Wildman–Crippen MR) is 86.1 cm³/mol. The van der Waals surface area contributed by atoms with Gasteiger partial charge in [0, 0.05) is 17.7 Å². The second kappa shape index (κ2) is 7.83. The molecule has 0 bridgehead atoms. The van der Waals surface area contributed by atoms with E-state index in [1.807, 2.05) is 43.3 Å². The molecule has 124 valence electrons. The van der Waals surface area contributed by atoms with Gasteiger partial charge in [-0.15, -0.1) is 0 Å². The van der Waals surface area contributed by atoms with Crippen LogP contribution in [0.3, 0.4) is 0 Å². The van der Waals surface area contributed by atoms with Crippen molar-refractivity contribution in [1.82, 2.24) is 4.57 Å². The molecule has 0 spiro atoms. The zero-order chi connectivity index (χ0) is 16.3. The minimum absolute atomic E-state index is 0. The van der Waals surface area contributed by atoms with E-state index in [-0.39, 0.29) is 18.1 Å². The third-order valence-corrected chi connectivity index (χ3v) is 3.72. The first-order valence-electron chi connectivity index (χ1n) is 6.94. The van der Waals surface area contributed by atoms with Crippen molar-refractivity contribution in [2.24, 2.45) is 14.1 Å². The van der Waals surface area contributed by atoms with Crippen molar-refractivity contribution < 1.29 is 26.4 Å². The third-order valence-electron chi connectivity index (χ3n) is 3.72. The molecule has 1 aromatic carbocycles. The van der Waals surface area contributed by atoms with Crippen LogP contribution < -0.4 is 32.1 Å². The van der Waals surface area contributed by atoms with Crippen molar-refractivity contribution in [3.05, 3.63) is 51.7 Å². The summed E-state index contributed by atoms with van der Waals surface area (Å²) in [6.45, 7) is 1.91. The summed E-state index contributed by atoms with van der Waals surface area (Å²) in [5.41, 5.74) is 2.60.